The van der Waals surface area contributed by atoms with Crippen LogP contribution in [0.25, 0.3) is 0 Å². The van der Waals surface area contributed by atoms with Crippen molar-refractivity contribution >= 4 is 29.5 Å². The Kier molecular flexibility index (Phi) is 6.02. The van der Waals surface area contributed by atoms with E-state index in [4.69, 9.17) is 9.47 Å². The minimum atomic E-state index is -0.486. The molecule has 2 N–H and O–H groups in total. The van der Waals surface area contributed by atoms with Gasteiger partial charge in [-0.05, 0) is 32.0 Å². The van der Waals surface area contributed by atoms with Gasteiger partial charge in [-0.3, -0.25) is 10.2 Å². The van der Waals surface area contributed by atoms with Gasteiger partial charge in [0.25, 0.3) is 0 Å². The standard InChI is InChI=1S/C13H17N3O4/c1-4-20-13(18)9(2)15-16-10-5-6-12(19-3)11(7-10)14-8-17/h5-8,16H,4H2,1-3H3,(H,14,17). The number of carbonyl (C=O) groups is 2. The van der Waals surface area contributed by atoms with Gasteiger partial charge in [-0.25, -0.2) is 4.79 Å². The molecule has 0 aromatic heterocycles. The Hall–Kier alpha value is -2.57. The molecule has 1 aromatic rings. The minimum Gasteiger partial charge on any atom is -0.495 e. The van der Waals surface area contributed by atoms with Gasteiger partial charge in [0, 0.05) is 0 Å². The third kappa shape index (κ3) is 4.27. The second kappa shape index (κ2) is 7.78. The van der Waals surface area contributed by atoms with Gasteiger partial charge in [-0.1, -0.05) is 0 Å². The van der Waals surface area contributed by atoms with Crippen LogP contribution in [-0.4, -0.2) is 31.8 Å². The molecule has 0 radical (unpaired) electrons. The monoisotopic (exact) mass is 279 g/mol. The Balaban J connectivity index is 2.82. The molecule has 108 valence electrons. The number of carbonyl (C=O) groups excluding carboxylic acids is 2. The molecule has 7 heteroatoms. The predicted octanol–water partition coefficient (Wildman–Crippen LogP) is 1.61. The second-order valence-electron chi connectivity index (χ2n) is 3.71. The zero-order valence-electron chi connectivity index (χ0n) is 11.6. The van der Waals surface area contributed by atoms with Crippen LogP contribution in [0.4, 0.5) is 11.4 Å². The first-order chi connectivity index (χ1) is 9.62. The molecule has 0 aliphatic rings. The highest BCUT2D eigenvalue weighted by molar-refractivity contribution is 6.35. The number of esters is 1. The van der Waals surface area contributed by atoms with Gasteiger partial charge >= 0.3 is 5.97 Å². The Morgan fingerprint density at radius 3 is 2.80 bits per heavy atom. The Morgan fingerprint density at radius 1 is 1.45 bits per heavy atom. The normalized spacial score (nSPS) is 10.7. The lowest BCUT2D eigenvalue weighted by atomic mass is 10.2. The number of hydrazone groups is 1. The molecular formula is C13H17N3O4. The maximum atomic E-state index is 11.4. The average Bonchev–Trinajstić information content (AvgIpc) is 2.45. The highest BCUT2D eigenvalue weighted by Gasteiger charge is 2.07. The van der Waals surface area contributed by atoms with E-state index in [0.29, 0.717) is 30.1 Å². The molecular weight excluding hydrogens is 262 g/mol. The molecule has 1 aromatic carbocycles. The Labute approximate surface area is 117 Å². The first-order valence-corrected chi connectivity index (χ1v) is 5.98. The first kappa shape index (κ1) is 15.5. The highest BCUT2D eigenvalue weighted by Crippen LogP contribution is 2.27. The van der Waals surface area contributed by atoms with Crippen LogP contribution in [0.1, 0.15) is 13.8 Å². The van der Waals surface area contributed by atoms with Crippen LogP contribution in [0.2, 0.25) is 0 Å². The number of ether oxygens (including phenoxy) is 2. The van der Waals surface area contributed by atoms with E-state index in [1.165, 1.54) is 7.11 Å². The van der Waals surface area contributed by atoms with Crippen LogP contribution in [-0.2, 0) is 14.3 Å². The molecule has 1 rings (SSSR count). The van der Waals surface area contributed by atoms with E-state index in [9.17, 15) is 9.59 Å². The van der Waals surface area contributed by atoms with Crippen molar-refractivity contribution in [2.45, 2.75) is 13.8 Å². The zero-order chi connectivity index (χ0) is 15.0. The summed E-state index contributed by atoms with van der Waals surface area (Å²) in [5.74, 6) is 0.0356. The van der Waals surface area contributed by atoms with E-state index in [1.54, 1.807) is 32.0 Å². The summed E-state index contributed by atoms with van der Waals surface area (Å²) in [4.78, 5) is 21.9. The van der Waals surface area contributed by atoms with E-state index >= 15 is 0 Å². The molecule has 0 bridgehead atoms. The van der Waals surface area contributed by atoms with Crippen molar-refractivity contribution in [2.75, 3.05) is 24.5 Å². The highest BCUT2D eigenvalue weighted by atomic mass is 16.5. The van der Waals surface area contributed by atoms with Crippen molar-refractivity contribution in [2.24, 2.45) is 5.10 Å². The van der Waals surface area contributed by atoms with Gasteiger partial charge in [0.2, 0.25) is 6.41 Å². The van der Waals surface area contributed by atoms with E-state index in [0.717, 1.165) is 0 Å². The summed E-state index contributed by atoms with van der Waals surface area (Å²) in [6.07, 6.45) is 0.550. The van der Waals surface area contributed by atoms with Crippen LogP contribution in [0.5, 0.6) is 5.75 Å². The van der Waals surface area contributed by atoms with E-state index in [1.807, 2.05) is 0 Å². The number of nitrogens with zero attached hydrogens (tertiary/aromatic N) is 1. The number of anilines is 2. The number of hydrogen-bond donors (Lipinski definition) is 2. The minimum absolute atomic E-state index is 0.201. The quantitative estimate of drug-likeness (QED) is 0.342. The van der Waals surface area contributed by atoms with Gasteiger partial charge in [0.15, 0.2) is 0 Å². The molecule has 0 atom stereocenters. The van der Waals surface area contributed by atoms with E-state index < -0.39 is 5.97 Å². The SMILES string of the molecule is CCOC(=O)C(C)=NNc1ccc(OC)c(NC=O)c1. The van der Waals surface area contributed by atoms with Crippen molar-refractivity contribution in [1.82, 2.24) is 0 Å². The summed E-state index contributed by atoms with van der Waals surface area (Å²) in [6, 6.07) is 5.01. The molecule has 0 saturated heterocycles. The van der Waals surface area contributed by atoms with Gasteiger partial charge in [0.1, 0.15) is 11.5 Å². The van der Waals surface area contributed by atoms with Crippen LogP contribution in [0.15, 0.2) is 23.3 Å². The van der Waals surface area contributed by atoms with E-state index in [-0.39, 0.29) is 5.71 Å². The second-order valence-corrected chi connectivity index (χ2v) is 3.71. The fraction of sp³-hybridized carbons (Fsp3) is 0.308. The third-order valence-electron chi connectivity index (χ3n) is 2.34. The molecule has 0 aliphatic carbocycles. The number of nitrogens with one attached hydrogen (secondary N) is 2. The molecule has 0 heterocycles. The third-order valence-corrected chi connectivity index (χ3v) is 2.34. The topological polar surface area (TPSA) is 89.0 Å². The van der Waals surface area contributed by atoms with Crippen molar-refractivity contribution in [1.29, 1.82) is 0 Å². The molecule has 20 heavy (non-hydrogen) atoms. The van der Waals surface area contributed by atoms with Crippen molar-refractivity contribution in [3.63, 3.8) is 0 Å². The molecule has 0 fully saturated rings. The Morgan fingerprint density at radius 2 is 2.20 bits per heavy atom. The molecule has 0 aliphatic heterocycles. The lowest BCUT2D eigenvalue weighted by Crippen LogP contribution is -2.15. The van der Waals surface area contributed by atoms with Gasteiger partial charge in [-0.15, -0.1) is 0 Å². The van der Waals surface area contributed by atoms with Crippen molar-refractivity contribution in [3.05, 3.63) is 18.2 Å². The lowest BCUT2D eigenvalue weighted by molar-refractivity contribution is -0.135. The van der Waals surface area contributed by atoms with Crippen molar-refractivity contribution in [3.8, 4) is 5.75 Å². The first-order valence-electron chi connectivity index (χ1n) is 5.98. The fourth-order valence-electron chi connectivity index (χ4n) is 1.38. The maximum absolute atomic E-state index is 11.4. The number of methoxy groups -OCH3 is 1. The van der Waals surface area contributed by atoms with Gasteiger partial charge in [0.05, 0.1) is 25.1 Å². The Bertz CT molecular complexity index is 514. The average molecular weight is 279 g/mol. The lowest BCUT2D eigenvalue weighted by Gasteiger charge is -2.09. The molecule has 7 nitrogen and oxygen atoms in total. The van der Waals surface area contributed by atoms with Crippen LogP contribution in [0.3, 0.4) is 0 Å². The molecule has 0 unspecified atom stereocenters. The molecule has 1 amide bonds. The van der Waals surface area contributed by atoms with Crippen LogP contribution >= 0.6 is 0 Å². The number of rotatable bonds is 7. The van der Waals surface area contributed by atoms with Crippen molar-refractivity contribution < 1.29 is 19.1 Å². The summed E-state index contributed by atoms with van der Waals surface area (Å²) in [6.45, 7) is 3.56. The van der Waals surface area contributed by atoms with Gasteiger partial charge < -0.3 is 14.8 Å². The summed E-state index contributed by atoms with van der Waals surface area (Å²) in [7, 11) is 1.50. The van der Waals surface area contributed by atoms with Crippen LogP contribution < -0.4 is 15.5 Å². The fourth-order valence-corrected chi connectivity index (χ4v) is 1.38. The largest absolute Gasteiger partial charge is 0.495 e. The smallest absolute Gasteiger partial charge is 0.354 e. The summed E-state index contributed by atoms with van der Waals surface area (Å²) in [5.41, 5.74) is 4.00. The molecule has 0 spiro atoms. The molecule has 0 saturated carbocycles. The maximum Gasteiger partial charge on any atom is 0.354 e. The number of benzene rings is 1. The predicted molar refractivity (Wildman–Crippen MR) is 76.0 cm³/mol. The number of hydrogen-bond acceptors (Lipinski definition) is 6. The number of amides is 1. The van der Waals surface area contributed by atoms with Gasteiger partial charge in [-0.2, -0.15) is 5.10 Å². The summed E-state index contributed by atoms with van der Waals surface area (Å²) >= 11 is 0. The van der Waals surface area contributed by atoms with Crippen LogP contribution in [0, 0.1) is 0 Å². The summed E-state index contributed by atoms with van der Waals surface area (Å²) < 4.78 is 9.89. The summed E-state index contributed by atoms with van der Waals surface area (Å²) in [5, 5.41) is 6.42. The van der Waals surface area contributed by atoms with E-state index in [2.05, 4.69) is 15.8 Å². The zero-order valence-corrected chi connectivity index (χ0v) is 11.6.